The minimum atomic E-state index is -1.04. The number of hydrogen-bond donors (Lipinski definition) is 8. The van der Waals surface area contributed by atoms with Crippen LogP contribution in [-0.2, 0) is 44.4 Å². The van der Waals surface area contributed by atoms with Crippen LogP contribution in [0.1, 0.15) is 75.3 Å². The molecular formula is C47H56BBr7N10O14Pd. The normalized spacial score (nSPS) is 14.4. The summed E-state index contributed by atoms with van der Waals surface area (Å²) in [4.78, 5) is 76.5. The first-order chi connectivity index (χ1) is 37.4. The van der Waals surface area contributed by atoms with Crippen LogP contribution < -0.4 is 40.4 Å². The number of nitrogen functional groups attached to an aromatic ring is 2. The Morgan fingerprint density at radius 3 is 1.40 bits per heavy atom. The molecule has 80 heavy (non-hydrogen) atoms. The first kappa shape index (κ1) is 73.7. The zero-order valence-electron chi connectivity index (χ0n) is 43.1. The Morgan fingerprint density at radius 1 is 0.588 bits per heavy atom. The van der Waals surface area contributed by atoms with Gasteiger partial charge in [-0.15, -0.1) is 0 Å². The Morgan fingerprint density at radius 2 is 1.00 bits per heavy atom. The van der Waals surface area contributed by atoms with Gasteiger partial charge in [-0.2, -0.15) is 0 Å². The van der Waals surface area contributed by atoms with E-state index in [-0.39, 0.29) is 86.9 Å². The standard InChI is InChI=1S/C11H11BrN2O2.C11H12N2O2.C8H7BrN2O2.C5H5BrN2O.C5H6N2O.C3H7BO2.2C2H4O2.2Br2.Pd/c1-14-8(15)5-16-10-9(6-2-3-6)7(12)4-13-11(10)14;1-13-9(14)6-15-10-8(7-2-3-7)4-5-12-11(10)13;1-11-6(12)4-13-7-5(9)2-3-10-8(7)11;6-3-1-2-8-5(7)4(3)9;6-5-4(8)2-1-3-7-5;5-4(6)3-1-2-3;2*1-2(3)4;2*1-2;/h4,6H,2-3,5H2,1H3;4-5,7H,2-3,6H2,1H3;2-3H,4H2,1H3;1-2,9H,(H2,7,8);1-3,8H,(H2,6,7);3,5-6H,1-2H2;2*1H3,(H,3,4);;;. The van der Waals surface area contributed by atoms with Crippen molar-refractivity contribution in [3.63, 3.8) is 0 Å². The number of carboxylic acids is 2. The summed E-state index contributed by atoms with van der Waals surface area (Å²) in [7, 11) is 4.13. The third-order valence-electron chi connectivity index (χ3n) is 10.6. The molecule has 5 aromatic heterocycles. The van der Waals surface area contributed by atoms with E-state index in [1.807, 2.05) is 6.07 Å². The van der Waals surface area contributed by atoms with Crippen LogP contribution in [0, 0.1) is 0 Å². The Hall–Kier alpha value is -4.29. The second-order valence-electron chi connectivity index (χ2n) is 16.7. The van der Waals surface area contributed by atoms with Crippen LogP contribution in [0.5, 0.6) is 28.7 Å². The molecule has 0 radical (unpaired) electrons. The molecule has 3 fully saturated rings. The van der Waals surface area contributed by atoms with E-state index in [0.29, 0.717) is 39.5 Å². The summed E-state index contributed by atoms with van der Waals surface area (Å²) in [5.74, 6) is 3.97. The van der Waals surface area contributed by atoms with Crippen molar-refractivity contribution in [2.45, 2.75) is 70.0 Å². The molecule has 8 heterocycles. The molecule has 11 rings (SSSR count). The zero-order chi connectivity index (χ0) is 59.7. The van der Waals surface area contributed by atoms with Gasteiger partial charge in [-0.1, -0.05) is 12.8 Å². The molecule has 5 aromatic rings. The van der Waals surface area contributed by atoms with Crippen LogP contribution in [0.3, 0.4) is 0 Å². The number of carboxylic acid groups (broad SMARTS) is 2. The number of hydrogen-bond acceptors (Lipinski definition) is 19. The van der Waals surface area contributed by atoms with Gasteiger partial charge in [-0.25, -0.2) is 24.9 Å². The number of likely N-dealkylation sites (N-methyl/N-ethyl adjacent to an activating group) is 3. The SMILES string of the molecule is BrBr.BrBr.CC(=O)O.CC(=O)O.CN1C(=O)COc2c(Br)ccnc21.CN1C(=O)COc2c(C3CC3)ccnc21.CN1C(=O)COc2c1ncc(Br)c2C1CC1.Nc1nccc(Br)c1O.Nc1ncccc1O.OB(O)C1CC1.[Pd]. The number of pyridine rings is 5. The van der Waals surface area contributed by atoms with E-state index in [4.69, 9.17) is 65.7 Å². The van der Waals surface area contributed by atoms with Gasteiger partial charge in [-0.05, 0) is 121 Å². The Kier molecular flexibility index (Phi) is 34.8. The first-order valence-electron chi connectivity index (χ1n) is 23.0. The minimum absolute atomic E-state index is 0. The summed E-state index contributed by atoms with van der Waals surface area (Å²) < 4.78 is 18.6. The summed E-state index contributed by atoms with van der Waals surface area (Å²) in [6.45, 7) is 2.49. The predicted molar refractivity (Wildman–Crippen MR) is 323 cm³/mol. The van der Waals surface area contributed by atoms with Crippen LogP contribution in [0.15, 0.2) is 74.7 Å². The van der Waals surface area contributed by atoms with Crippen molar-refractivity contribution in [2.75, 3.05) is 67.1 Å². The maximum Gasteiger partial charge on any atom is 0.454 e. The third kappa shape index (κ3) is 24.7. The number of aliphatic carboxylic acids is 2. The third-order valence-corrected chi connectivity index (χ3v) is 12.5. The van der Waals surface area contributed by atoms with E-state index in [9.17, 15) is 14.4 Å². The Balaban J connectivity index is 0.000000470. The number of fused-ring (bicyclic) bond motifs is 3. The molecule has 0 atom stereocenters. The van der Waals surface area contributed by atoms with Gasteiger partial charge < -0.3 is 56.2 Å². The van der Waals surface area contributed by atoms with Crippen LogP contribution in [0.25, 0.3) is 0 Å². The molecule has 0 spiro atoms. The van der Waals surface area contributed by atoms with Crippen molar-refractivity contribution in [3.05, 3.63) is 85.9 Å². The van der Waals surface area contributed by atoms with Gasteiger partial charge in [-0.3, -0.25) is 38.7 Å². The molecule has 6 aliphatic rings. The van der Waals surface area contributed by atoms with E-state index < -0.39 is 19.1 Å². The summed E-state index contributed by atoms with van der Waals surface area (Å²) >= 11 is 20.9. The Bertz CT molecular complexity index is 2770. The quantitative estimate of drug-likeness (QED) is 0.0780. The molecule has 3 saturated carbocycles. The number of nitrogens with zero attached hydrogens (tertiary/aromatic N) is 8. The average Bonchev–Trinajstić information content (AvgIpc) is 4.23. The van der Waals surface area contributed by atoms with E-state index >= 15 is 0 Å². The van der Waals surface area contributed by atoms with E-state index in [2.05, 4.69) is 129 Å². The second-order valence-corrected chi connectivity index (χ2v) is 19.2. The number of rotatable bonds is 3. The maximum absolute atomic E-state index is 11.5. The number of ether oxygens (including phenoxy) is 3. The summed E-state index contributed by atoms with van der Waals surface area (Å²) in [5.41, 5.74) is 12.8. The van der Waals surface area contributed by atoms with Gasteiger partial charge in [0.15, 0.2) is 77.7 Å². The molecule has 10 N–H and O–H groups in total. The van der Waals surface area contributed by atoms with Crippen LogP contribution in [0.4, 0.5) is 29.1 Å². The van der Waals surface area contributed by atoms with Gasteiger partial charge in [0.25, 0.3) is 29.7 Å². The van der Waals surface area contributed by atoms with Crippen molar-refractivity contribution in [3.8, 4) is 28.7 Å². The summed E-state index contributed by atoms with van der Waals surface area (Å²) in [6.07, 6.45) is 15.0. The van der Waals surface area contributed by atoms with Crippen molar-refractivity contribution in [2.24, 2.45) is 0 Å². The molecule has 0 unspecified atom stereocenters. The van der Waals surface area contributed by atoms with Crippen molar-refractivity contribution >= 4 is 170 Å². The van der Waals surface area contributed by atoms with E-state index in [1.165, 1.54) is 60.2 Å². The number of amides is 3. The van der Waals surface area contributed by atoms with Crippen LogP contribution in [-0.4, -0.2) is 133 Å². The number of nitrogens with two attached hydrogens (primary N) is 2. The molecular weight excluding hydrogens is 1610 g/mol. The average molecular weight is 1660 g/mol. The van der Waals surface area contributed by atoms with Gasteiger partial charge in [0.05, 0.1) is 8.95 Å². The fourth-order valence-electron chi connectivity index (χ4n) is 6.24. The van der Waals surface area contributed by atoms with Gasteiger partial charge >= 0.3 is 7.12 Å². The van der Waals surface area contributed by atoms with Gasteiger partial charge in [0, 0.05) is 159 Å². The molecule has 24 nitrogen and oxygen atoms in total. The van der Waals surface area contributed by atoms with Crippen molar-refractivity contribution in [1.29, 1.82) is 0 Å². The topological polar surface area (TPSA) is 361 Å². The number of aromatic nitrogens is 5. The smallest absolute Gasteiger partial charge is 0.454 e. The predicted octanol–water partition coefficient (Wildman–Crippen LogP) is 9.28. The summed E-state index contributed by atoms with van der Waals surface area (Å²) in [5, 5.41) is 49.0. The molecule has 0 aromatic carbocycles. The minimum Gasteiger partial charge on any atom is -0.504 e. The van der Waals surface area contributed by atoms with E-state index in [1.54, 1.807) is 67.7 Å². The van der Waals surface area contributed by atoms with Crippen LogP contribution in [0.2, 0.25) is 5.82 Å². The monoisotopic (exact) mass is 1650 g/mol. The van der Waals surface area contributed by atoms with E-state index in [0.717, 1.165) is 47.1 Å². The van der Waals surface area contributed by atoms with Gasteiger partial charge in [0.1, 0.15) is 0 Å². The molecule has 0 saturated heterocycles. The number of halogens is 7. The molecule has 3 amide bonds. The van der Waals surface area contributed by atoms with Crippen molar-refractivity contribution in [1.82, 2.24) is 24.9 Å². The van der Waals surface area contributed by atoms with Crippen molar-refractivity contribution < 1.29 is 89.1 Å². The fraction of sp³-hybridized carbons (Fsp3) is 0.362. The number of carbonyl (C=O) groups is 5. The molecule has 440 valence electrons. The molecule has 33 heteroatoms. The number of aromatic hydroxyl groups is 2. The van der Waals surface area contributed by atoms with Crippen LogP contribution >= 0.6 is 104 Å². The maximum atomic E-state index is 11.5. The first-order valence-corrected chi connectivity index (χ1v) is 32.8. The molecule has 3 aliphatic heterocycles. The Labute approximate surface area is 531 Å². The summed E-state index contributed by atoms with van der Waals surface area (Å²) in [6, 6.07) is 8.50. The number of carbonyl (C=O) groups excluding carboxylic acids is 3. The molecule has 0 bridgehead atoms. The largest absolute Gasteiger partial charge is 0.504 e. The van der Waals surface area contributed by atoms with Gasteiger partial charge in [0.2, 0.25) is 0 Å². The zero-order valence-corrected chi connectivity index (χ0v) is 55.7. The number of anilines is 5. The second kappa shape index (κ2) is 37.7. The fourth-order valence-corrected chi connectivity index (χ4v) is 7.58. The molecule has 3 aliphatic carbocycles.